The Labute approximate surface area is 127 Å². The van der Waals surface area contributed by atoms with Gasteiger partial charge in [0, 0.05) is 11.8 Å². The summed E-state index contributed by atoms with van der Waals surface area (Å²) in [7, 11) is 1.27. The summed E-state index contributed by atoms with van der Waals surface area (Å²) in [5.74, 6) is -7.73. The van der Waals surface area contributed by atoms with E-state index in [0.717, 1.165) is 6.07 Å². The number of rotatable bonds is 4. The largest absolute Gasteiger partial charge is 0.494 e. The highest BCUT2D eigenvalue weighted by Gasteiger charge is 2.25. The first-order valence-corrected chi connectivity index (χ1v) is 7.13. The Bertz CT molecular complexity index is 723. The summed E-state index contributed by atoms with van der Waals surface area (Å²) in [4.78, 5) is -0.451. The standard InChI is InChI=1S/C14H10F5NOS/c1-21-8-4-3-6(5-7(8)15)20-13-11(18)9(16)10(17)12(19)14(13)22-2/h3-5,20H,1-2H3. The van der Waals surface area contributed by atoms with E-state index in [2.05, 4.69) is 5.32 Å². The van der Waals surface area contributed by atoms with Crippen LogP contribution in [0.2, 0.25) is 0 Å². The molecule has 0 saturated heterocycles. The molecule has 0 fully saturated rings. The van der Waals surface area contributed by atoms with Crippen LogP contribution in [0.1, 0.15) is 0 Å². The first-order chi connectivity index (χ1) is 10.4. The highest BCUT2D eigenvalue weighted by Crippen LogP contribution is 2.36. The highest BCUT2D eigenvalue weighted by molar-refractivity contribution is 7.98. The van der Waals surface area contributed by atoms with Crippen molar-refractivity contribution in [3.63, 3.8) is 0 Å². The molecule has 0 atom stereocenters. The van der Waals surface area contributed by atoms with Gasteiger partial charge >= 0.3 is 0 Å². The molecule has 0 aliphatic carbocycles. The predicted octanol–water partition coefficient (Wildman–Crippen LogP) is 4.86. The van der Waals surface area contributed by atoms with Gasteiger partial charge in [-0.15, -0.1) is 11.8 Å². The van der Waals surface area contributed by atoms with Gasteiger partial charge in [-0.2, -0.15) is 0 Å². The Balaban J connectivity index is 2.51. The van der Waals surface area contributed by atoms with Gasteiger partial charge in [0.2, 0.25) is 0 Å². The number of halogens is 5. The van der Waals surface area contributed by atoms with E-state index in [1.165, 1.54) is 25.5 Å². The minimum absolute atomic E-state index is 0.0258. The first kappa shape index (κ1) is 16.4. The maximum atomic E-state index is 13.8. The molecule has 0 spiro atoms. The third-order valence-electron chi connectivity index (χ3n) is 2.85. The van der Waals surface area contributed by atoms with Crippen molar-refractivity contribution in [2.24, 2.45) is 0 Å². The molecular formula is C14H10F5NOS. The molecular weight excluding hydrogens is 325 g/mol. The number of methoxy groups -OCH3 is 1. The lowest BCUT2D eigenvalue weighted by atomic mass is 10.2. The van der Waals surface area contributed by atoms with Gasteiger partial charge in [-0.1, -0.05) is 0 Å². The van der Waals surface area contributed by atoms with Crippen LogP contribution in [0.5, 0.6) is 5.75 Å². The highest BCUT2D eigenvalue weighted by atomic mass is 32.2. The molecule has 0 aliphatic rings. The van der Waals surface area contributed by atoms with E-state index in [1.54, 1.807) is 0 Å². The third kappa shape index (κ3) is 2.83. The van der Waals surface area contributed by atoms with Crippen molar-refractivity contribution in [3.05, 3.63) is 47.3 Å². The average molecular weight is 335 g/mol. The molecule has 0 unspecified atom stereocenters. The maximum Gasteiger partial charge on any atom is 0.199 e. The number of ether oxygens (including phenoxy) is 1. The molecule has 2 aromatic carbocycles. The van der Waals surface area contributed by atoms with E-state index in [4.69, 9.17) is 4.74 Å². The molecule has 2 aromatic rings. The summed E-state index contributed by atoms with van der Waals surface area (Å²) in [5, 5.41) is 2.35. The van der Waals surface area contributed by atoms with Gasteiger partial charge in [0.1, 0.15) is 0 Å². The van der Waals surface area contributed by atoms with Gasteiger partial charge in [-0.3, -0.25) is 0 Å². The Morgan fingerprint density at radius 3 is 2.14 bits per heavy atom. The number of hydrogen-bond acceptors (Lipinski definition) is 3. The van der Waals surface area contributed by atoms with Crippen molar-refractivity contribution in [3.8, 4) is 5.75 Å². The molecule has 0 heterocycles. The van der Waals surface area contributed by atoms with Crippen LogP contribution in [-0.4, -0.2) is 13.4 Å². The van der Waals surface area contributed by atoms with E-state index in [-0.39, 0.29) is 11.4 Å². The fourth-order valence-electron chi connectivity index (χ4n) is 1.80. The van der Waals surface area contributed by atoms with Crippen molar-refractivity contribution in [1.29, 1.82) is 0 Å². The first-order valence-electron chi connectivity index (χ1n) is 5.91. The zero-order valence-corrected chi connectivity index (χ0v) is 12.3. The molecule has 2 rings (SSSR count). The van der Waals surface area contributed by atoms with Crippen LogP contribution >= 0.6 is 11.8 Å². The van der Waals surface area contributed by atoms with Gasteiger partial charge in [0.15, 0.2) is 34.8 Å². The summed E-state index contributed by atoms with van der Waals surface area (Å²) in [6, 6.07) is 3.54. The molecule has 0 saturated carbocycles. The molecule has 0 amide bonds. The van der Waals surface area contributed by atoms with Crippen molar-refractivity contribution in [2.45, 2.75) is 4.90 Å². The molecule has 0 aromatic heterocycles. The van der Waals surface area contributed by atoms with E-state index < -0.39 is 39.7 Å². The Hall–Kier alpha value is -1.96. The topological polar surface area (TPSA) is 21.3 Å². The van der Waals surface area contributed by atoms with Crippen LogP contribution in [0.3, 0.4) is 0 Å². The van der Waals surface area contributed by atoms with Crippen molar-refractivity contribution >= 4 is 23.1 Å². The van der Waals surface area contributed by atoms with Crippen LogP contribution < -0.4 is 10.1 Å². The lowest BCUT2D eigenvalue weighted by molar-refractivity contribution is 0.386. The summed E-state index contributed by atoms with van der Waals surface area (Å²) >= 11 is 0.688. The zero-order valence-electron chi connectivity index (χ0n) is 11.4. The van der Waals surface area contributed by atoms with Crippen molar-refractivity contribution in [1.82, 2.24) is 0 Å². The van der Waals surface area contributed by atoms with Gasteiger partial charge in [-0.25, -0.2) is 22.0 Å². The maximum absolute atomic E-state index is 13.8. The van der Waals surface area contributed by atoms with Gasteiger partial charge in [0.05, 0.1) is 17.7 Å². The molecule has 8 heteroatoms. The van der Waals surface area contributed by atoms with Crippen molar-refractivity contribution in [2.75, 3.05) is 18.7 Å². The Kier molecular flexibility index (Phi) is 4.80. The second-order valence-electron chi connectivity index (χ2n) is 4.14. The van der Waals surface area contributed by atoms with Gasteiger partial charge in [0.25, 0.3) is 0 Å². The normalized spacial score (nSPS) is 10.7. The van der Waals surface area contributed by atoms with Gasteiger partial charge < -0.3 is 10.1 Å². The SMILES string of the molecule is COc1ccc(Nc2c(F)c(F)c(F)c(F)c2SC)cc1F. The second-order valence-corrected chi connectivity index (χ2v) is 4.95. The molecule has 0 bridgehead atoms. The average Bonchev–Trinajstić information content (AvgIpc) is 2.51. The molecule has 2 nitrogen and oxygen atoms in total. The Morgan fingerprint density at radius 1 is 0.955 bits per heavy atom. The van der Waals surface area contributed by atoms with Crippen LogP contribution in [0.15, 0.2) is 23.1 Å². The number of thioether (sulfide) groups is 1. The van der Waals surface area contributed by atoms with Crippen LogP contribution in [0, 0.1) is 29.1 Å². The van der Waals surface area contributed by atoms with Crippen LogP contribution in [0.25, 0.3) is 0 Å². The van der Waals surface area contributed by atoms with Crippen LogP contribution in [0.4, 0.5) is 33.3 Å². The van der Waals surface area contributed by atoms with Crippen molar-refractivity contribution < 1.29 is 26.7 Å². The lowest BCUT2D eigenvalue weighted by Crippen LogP contribution is -2.05. The molecule has 0 aliphatic heterocycles. The lowest BCUT2D eigenvalue weighted by Gasteiger charge is -2.14. The number of nitrogens with one attached hydrogen (secondary N) is 1. The van der Waals surface area contributed by atoms with E-state index in [1.807, 2.05) is 0 Å². The number of anilines is 2. The summed E-state index contributed by atoms with van der Waals surface area (Å²) in [5.41, 5.74) is -0.577. The fraction of sp³-hybridized carbons (Fsp3) is 0.143. The summed E-state index contributed by atoms with van der Waals surface area (Å²) < 4.78 is 72.4. The number of hydrogen-bond donors (Lipinski definition) is 1. The zero-order chi connectivity index (χ0) is 16.4. The molecule has 1 N–H and O–H groups in total. The van der Waals surface area contributed by atoms with E-state index in [9.17, 15) is 22.0 Å². The smallest absolute Gasteiger partial charge is 0.199 e. The van der Waals surface area contributed by atoms with E-state index in [0.29, 0.717) is 11.8 Å². The fourth-order valence-corrected chi connectivity index (χ4v) is 2.42. The monoisotopic (exact) mass is 335 g/mol. The summed E-state index contributed by atoms with van der Waals surface area (Å²) in [6.45, 7) is 0. The quantitative estimate of drug-likeness (QED) is 0.373. The molecule has 0 radical (unpaired) electrons. The third-order valence-corrected chi connectivity index (χ3v) is 3.64. The Morgan fingerprint density at radius 2 is 1.59 bits per heavy atom. The number of benzene rings is 2. The molecule has 118 valence electrons. The minimum atomic E-state index is -1.94. The van der Waals surface area contributed by atoms with Gasteiger partial charge in [-0.05, 0) is 18.4 Å². The van der Waals surface area contributed by atoms with Crippen LogP contribution in [-0.2, 0) is 0 Å². The molecule has 22 heavy (non-hydrogen) atoms. The predicted molar refractivity (Wildman–Crippen MR) is 74.3 cm³/mol. The second kappa shape index (κ2) is 6.43. The van der Waals surface area contributed by atoms with E-state index >= 15 is 0 Å². The summed E-state index contributed by atoms with van der Waals surface area (Å²) in [6.07, 6.45) is 1.37. The minimum Gasteiger partial charge on any atom is -0.494 e.